The molecule has 3 rings (SSSR count). The quantitative estimate of drug-likeness (QED) is 0.513. The van der Waals surface area contributed by atoms with Crippen LogP contribution in [0.4, 0.5) is 5.69 Å². The summed E-state index contributed by atoms with van der Waals surface area (Å²) in [6.45, 7) is 3.50. The van der Waals surface area contributed by atoms with Gasteiger partial charge >= 0.3 is 0 Å². The molecule has 0 saturated heterocycles. The summed E-state index contributed by atoms with van der Waals surface area (Å²) < 4.78 is 0. The third-order valence-corrected chi connectivity index (χ3v) is 3.02. The van der Waals surface area contributed by atoms with Gasteiger partial charge in [-0.3, -0.25) is 4.99 Å². The predicted octanol–water partition coefficient (Wildman–Crippen LogP) is 3.04. The molecule has 1 aromatic heterocycles. The zero-order valence-corrected chi connectivity index (χ0v) is 10.3. The zero-order valence-electron chi connectivity index (χ0n) is 10.3. The molecule has 0 aliphatic carbocycles. The number of H-pyrrole nitrogens is 1. The molecule has 0 unspecified atom stereocenters. The van der Waals surface area contributed by atoms with Crippen LogP contribution in [0, 0.1) is 6.92 Å². The van der Waals surface area contributed by atoms with E-state index in [0.717, 1.165) is 22.0 Å². The van der Waals surface area contributed by atoms with Crippen molar-refractivity contribution in [3.63, 3.8) is 0 Å². The highest BCUT2D eigenvalue weighted by atomic mass is 16.3. The van der Waals surface area contributed by atoms with Crippen LogP contribution in [0.1, 0.15) is 12.6 Å². The van der Waals surface area contributed by atoms with Crippen molar-refractivity contribution < 1.29 is 5.11 Å². The van der Waals surface area contributed by atoms with E-state index in [1.165, 1.54) is 12.3 Å². The van der Waals surface area contributed by atoms with Gasteiger partial charge in [0.05, 0.1) is 11.2 Å². The average Bonchev–Trinajstić information content (AvgIpc) is 2.69. The maximum absolute atomic E-state index is 11.0. The fourth-order valence-electron chi connectivity index (χ4n) is 2.30. The maximum Gasteiger partial charge on any atom is 0.0625 e. The first-order chi connectivity index (χ1) is 8.63. The van der Waals surface area contributed by atoms with Crippen LogP contribution in [-0.2, 0) is 0 Å². The Morgan fingerprint density at radius 1 is 1.11 bits per heavy atom. The third kappa shape index (κ3) is 1.74. The predicted molar refractivity (Wildman–Crippen MR) is 73.3 cm³/mol. The minimum atomic E-state index is -0.177. The van der Waals surface area contributed by atoms with Crippen molar-refractivity contribution in [2.45, 2.75) is 13.8 Å². The lowest BCUT2D eigenvalue weighted by Crippen LogP contribution is -2.10. The second-order valence-corrected chi connectivity index (χ2v) is 4.52. The zero-order chi connectivity index (χ0) is 12.7. The number of aromatic amines is 1. The number of benzene rings is 2. The van der Waals surface area contributed by atoms with Crippen LogP contribution in [0.25, 0.3) is 21.7 Å². The van der Waals surface area contributed by atoms with Gasteiger partial charge in [0.25, 0.3) is 0 Å². The number of fused-ring (bicyclic) bond motifs is 3. The van der Waals surface area contributed by atoms with Crippen molar-refractivity contribution in [1.29, 1.82) is 0 Å². The minimum Gasteiger partial charge on any atom is -0.862 e. The maximum atomic E-state index is 11.0. The van der Waals surface area contributed by atoms with Gasteiger partial charge in [0.2, 0.25) is 0 Å². The molecule has 0 atom stereocenters. The van der Waals surface area contributed by atoms with Gasteiger partial charge in [0.15, 0.2) is 0 Å². The third-order valence-electron chi connectivity index (χ3n) is 3.02. The van der Waals surface area contributed by atoms with E-state index in [-0.39, 0.29) is 5.90 Å². The van der Waals surface area contributed by atoms with Gasteiger partial charge in [0, 0.05) is 16.5 Å². The molecule has 90 valence electrons. The van der Waals surface area contributed by atoms with Crippen LogP contribution in [0.2, 0.25) is 0 Å². The van der Waals surface area contributed by atoms with E-state index < -0.39 is 0 Å². The number of rotatable bonds is 1. The molecule has 3 nitrogen and oxygen atoms in total. The number of nitrogens with one attached hydrogen (secondary N) is 1. The van der Waals surface area contributed by atoms with Crippen LogP contribution >= 0.6 is 0 Å². The minimum absolute atomic E-state index is 0.177. The summed E-state index contributed by atoms with van der Waals surface area (Å²) >= 11 is 0. The molecule has 0 bridgehead atoms. The highest BCUT2D eigenvalue weighted by molar-refractivity contribution is 6.06. The first-order valence-corrected chi connectivity index (χ1v) is 5.88. The van der Waals surface area contributed by atoms with Crippen molar-refractivity contribution in [2.24, 2.45) is 4.99 Å². The Kier molecular flexibility index (Phi) is 2.33. The topological polar surface area (TPSA) is 51.2 Å². The average molecular weight is 237 g/mol. The Balaban J connectivity index is 2.36. The van der Waals surface area contributed by atoms with E-state index >= 15 is 0 Å². The van der Waals surface area contributed by atoms with Crippen LogP contribution in [0.3, 0.4) is 0 Å². The van der Waals surface area contributed by atoms with Crippen LogP contribution in [0.5, 0.6) is 0 Å². The van der Waals surface area contributed by atoms with Crippen LogP contribution in [0.15, 0.2) is 41.4 Å². The molecule has 0 amide bonds. The van der Waals surface area contributed by atoms with Crippen LogP contribution < -0.4 is 5.11 Å². The number of aliphatic imine (C=N–C) groups is 1. The van der Waals surface area contributed by atoms with Gasteiger partial charge in [-0.1, -0.05) is 18.2 Å². The largest absolute Gasteiger partial charge is 0.862 e. The van der Waals surface area contributed by atoms with Gasteiger partial charge in [-0.25, -0.2) is 0 Å². The standard InChI is InChI=1S/C15H14N2O/c1-9-7-12-4-3-11-5-6-13(17-10(2)18)8-14(11)15(12)16-9/h3-8,16H,1-2H3,(H,17,18)/p-1. The first-order valence-electron chi connectivity index (χ1n) is 5.88. The Morgan fingerprint density at radius 2 is 1.83 bits per heavy atom. The highest BCUT2D eigenvalue weighted by Gasteiger charge is 2.03. The summed E-state index contributed by atoms with van der Waals surface area (Å²) in [7, 11) is 0. The lowest BCUT2D eigenvalue weighted by atomic mass is 10.1. The van der Waals surface area contributed by atoms with Crippen LogP contribution in [-0.4, -0.2) is 10.9 Å². The number of aryl methyl sites for hydroxylation is 1. The van der Waals surface area contributed by atoms with E-state index in [1.807, 2.05) is 25.1 Å². The smallest absolute Gasteiger partial charge is 0.0625 e. The molecule has 0 spiro atoms. The Hall–Kier alpha value is -2.29. The summed E-state index contributed by atoms with van der Waals surface area (Å²) in [5.74, 6) is -0.177. The SMILES string of the molecule is CC([O-])=Nc1ccc2ccc3cc(C)[nH]c3c2c1. The molecule has 3 aromatic rings. The van der Waals surface area contributed by atoms with Gasteiger partial charge in [-0.15, -0.1) is 0 Å². The lowest BCUT2D eigenvalue weighted by Gasteiger charge is -2.05. The van der Waals surface area contributed by atoms with E-state index in [0.29, 0.717) is 5.69 Å². The number of hydrogen-bond acceptors (Lipinski definition) is 2. The Labute approximate surface area is 105 Å². The van der Waals surface area contributed by atoms with E-state index in [1.54, 1.807) is 0 Å². The summed E-state index contributed by atoms with van der Waals surface area (Å²) in [6.07, 6.45) is 0. The molecule has 0 radical (unpaired) electrons. The fraction of sp³-hybridized carbons (Fsp3) is 0.133. The normalized spacial score (nSPS) is 12.4. The summed E-state index contributed by atoms with van der Waals surface area (Å²) in [5.41, 5.74) is 2.94. The monoisotopic (exact) mass is 237 g/mol. The summed E-state index contributed by atoms with van der Waals surface area (Å²) in [4.78, 5) is 7.33. The lowest BCUT2D eigenvalue weighted by molar-refractivity contribution is -0.215. The molecule has 0 saturated carbocycles. The molecule has 0 fully saturated rings. The van der Waals surface area contributed by atoms with Crippen molar-refractivity contribution in [3.05, 3.63) is 42.1 Å². The second-order valence-electron chi connectivity index (χ2n) is 4.52. The molecular weight excluding hydrogens is 224 g/mol. The van der Waals surface area contributed by atoms with E-state index in [9.17, 15) is 5.11 Å². The number of hydrogen-bond donors (Lipinski definition) is 1. The van der Waals surface area contributed by atoms with E-state index in [2.05, 4.69) is 28.2 Å². The van der Waals surface area contributed by atoms with Crippen molar-refractivity contribution in [3.8, 4) is 0 Å². The van der Waals surface area contributed by atoms with Crippen molar-refractivity contribution >= 4 is 33.3 Å². The second kappa shape index (κ2) is 3.88. The number of nitrogens with zero attached hydrogens (tertiary/aromatic N) is 1. The molecule has 1 heterocycles. The van der Waals surface area contributed by atoms with Crippen molar-refractivity contribution in [1.82, 2.24) is 4.98 Å². The van der Waals surface area contributed by atoms with Gasteiger partial charge in [-0.05, 0) is 43.3 Å². The van der Waals surface area contributed by atoms with Crippen molar-refractivity contribution in [2.75, 3.05) is 0 Å². The Morgan fingerprint density at radius 3 is 2.61 bits per heavy atom. The molecule has 3 heteroatoms. The molecular formula is C15H13N2O-. The highest BCUT2D eigenvalue weighted by Crippen LogP contribution is 2.28. The van der Waals surface area contributed by atoms with Gasteiger partial charge < -0.3 is 10.1 Å². The Bertz CT molecular complexity index is 765. The molecule has 0 aliphatic rings. The summed E-state index contributed by atoms with van der Waals surface area (Å²) in [6, 6.07) is 12.1. The molecule has 18 heavy (non-hydrogen) atoms. The van der Waals surface area contributed by atoms with E-state index in [4.69, 9.17) is 0 Å². The summed E-state index contributed by atoms with van der Waals surface area (Å²) in [5, 5.41) is 14.5. The molecule has 0 aliphatic heterocycles. The first kappa shape index (κ1) is 10.8. The van der Waals surface area contributed by atoms with Gasteiger partial charge in [-0.2, -0.15) is 0 Å². The number of aromatic nitrogens is 1. The fourth-order valence-corrected chi connectivity index (χ4v) is 2.30. The van der Waals surface area contributed by atoms with Gasteiger partial charge in [0.1, 0.15) is 0 Å². The molecule has 1 N–H and O–H groups in total. The molecule has 2 aromatic carbocycles.